The summed E-state index contributed by atoms with van der Waals surface area (Å²) in [5.41, 5.74) is 3.76. The molecule has 0 bridgehead atoms. The second-order valence-corrected chi connectivity index (χ2v) is 6.51. The van der Waals surface area contributed by atoms with Crippen LogP contribution in [0.3, 0.4) is 0 Å². The van der Waals surface area contributed by atoms with E-state index >= 15 is 0 Å². The summed E-state index contributed by atoms with van der Waals surface area (Å²) in [7, 11) is 0. The van der Waals surface area contributed by atoms with Crippen molar-refractivity contribution >= 4 is 44.3 Å². The molecule has 0 saturated heterocycles. The van der Waals surface area contributed by atoms with Crippen LogP contribution in [0.1, 0.15) is 27.0 Å². The van der Waals surface area contributed by atoms with E-state index in [-0.39, 0.29) is 5.78 Å². The van der Waals surface area contributed by atoms with Gasteiger partial charge in [0.05, 0.1) is 13.2 Å². The highest BCUT2D eigenvalue weighted by Crippen LogP contribution is 2.25. The summed E-state index contributed by atoms with van der Waals surface area (Å²) in [6, 6.07) is 11.6. The third-order valence-corrected chi connectivity index (χ3v) is 4.59. The Labute approximate surface area is 133 Å². The topological polar surface area (TPSA) is 26.3 Å². The van der Waals surface area contributed by atoms with Crippen molar-refractivity contribution in [3.63, 3.8) is 0 Å². The minimum atomic E-state index is 0.0559. The highest BCUT2D eigenvalue weighted by atomic mass is 127. The van der Waals surface area contributed by atoms with Gasteiger partial charge in [-0.3, -0.25) is 4.79 Å². The molecule has 0 N–H and O–H groups in total. The molecule has 0 fully saturated rings. The second-order valence-electron chi connectivity index (χ2n) is 4.43. The highest BCUT2D eigenvalue weighted by molar-refractivity contribution is 14.1. The summed E-state index contributed by atoms with van der Waals surface area (Å²) in [4.78, 5) is 12.6. The fourth-order valence-electron chi connectivity index (χ4n) is 2.14. The van der Waals surface area contributed by atoms with E-state index in [0.29, 0.717) is 13.2 Å². The van der Waals surface area contributed by atoms with E-state index in [9.17, 15) is 4.79 Å². The molecular weight excluding hydrogens is 419 g/mol. The van der Waals surface area contributed by atoms with Gasteiger partial charge in [-0.15, -0.1) is 0 Å². The lowest BCUT2D eigenvalue weighted by Crippen LogP contribution is -2.04. The molecule has 2 aromatic rings. The molecule has 19 heavy (non-hydrogen) atoms. The SMILES string of the molecule is O=C(c1ccc2c(c1)COC2)c1cc(Br)ccc1I. The largest absolute Gasteiger partial charge is 0.372 e. The molecule has 0 aromatic heterocycles. The minimum absolute atomic E-state index is 0.0559. The number of hydrogen-bond donors (Lipinski definition) is 0. The predicted octanol–water partition coefficient (Wildman–Crippen LogP) is 4.31. The van der Waals surface area contributed by atoms with Gasteiger partial charge in [0.2, 0.25) is 0 Å². The molecule has 0 atom stereocenters. The summed E-state index contributed by atoms with van der Waals surface area (Å²) in [5, 5.41) is 0. The number of hydrogen-bond acceptors (Lipinski definition) is 2. The summed E-state index contributed by atoms with van der Waals surface area (Å²) in [6.07, 6.45) is 0. The van der Waals surface area contributed by atoms with Crippen LogP contribution in [-0.4, -0.2) is 5.78 Å². The Bertz CT molecular complexity index is 667. The Morgan fingerprint density at radius 2 is 1.89 bits per heavy atom. The number of halogens is 2. The van der Waals surface area contributed by atoms with E-state index in [4.69, 9.17) is 4.74 Å². The van der Waals surface area contributed by atoms with E-state index in [1.807, 2.05) is 36.4 Å². The van der Waals surface area contributed by atoms with Gasteiger partial charge in [0.15, 0.2) is 5.78 Å². The van der Waals surface area contributed by atoms with Gasteiger partial charge >= 0.3 is 0 Å². The monoisotopic (exact) mass is 428 g/mol. The zero-order chi connectivity index (χ0) is 13.4. The maximum Gasteiger partial charge on any atom is 0.194 e. The first-order valence-electron chi connectivity index (χ1n) is 5.84. The first-order valence-corrected chi connectivity index (χ1v) is 7.71. The van der Waals surface area contributed by atoms with Crippen LogP contribution in [0.4, 0.5) is 0 Å². The van der Waals surface area contributed by atoms with E-state index < -0.39 is 0 Å². The fraction of sp³-hybridized carbons (Fsp3) is 0.133. The average Bonchev–Trinajstić information content (AvgIpc) is 2.88. The number of carbonyl (C=O) groups is 1. The molecule has 1 heterocycles. The number of benzene rings is 2. The Hall–Kier alpha value is -0.720. The van der Waals surface area contributed by atoms with E-state index in [1.54, 1.807) is 0 Å². The summed E-state index contributed by atoms with van der Waals surface area (Å²) in [5.74, 6) is 0.0559. The van der Waals surface area contributed by atoms with Crippen LogP contribution in [0.5, 0.6) is 0 Å². The smallest absolute Gasteiger partial charge is 0.194 e. The van der Waals surface area contributed by atoms with Crippen molar-refractivity contribution in [3.05, 3.63) is 66.7 Å². The Morgan fingerprint density at radius 1 is 1.11 bits per heavy atom. The van der Waals surface area contributed by atoms with Crippen LogP contribution >= 0.6 is 38.5 Å². The van der Waals surface area contributed by atoms with Gasteiger partial charge < -0.3 is 4.74 Å². The first-order chi connectivity index (χ1) is 9.15. The second kappa shape index (κ2) is 5.34. The molecule has 0 aliphatic carbocycles. The lowest BCUT2D eigenvalue weighted by molar-refractivity contribution is 0.103. The summed E-state index contributed by atoms with van der Waals surface area (Å²) in [6.45, 7) is 1.25. The van der Waals surface area contributed by atoms with Gasteiger partial charge in [-0.1, -0.05) is 28.1 Å². The van der Waals surface area contributed by atoms with E-state index in [1.165, 1.54) is 5.56 Å². The molecule has 2 aromatic carbocycles. The normalized spacial score (nSPS) is 13.4. The molecule has 0 unspecified atom stereocenters. The van der Waals surface area contributed by atoms with Crippen LogP contribution < -0.4 is 0 Å². The number of carbonyl (C=O) groups excluding carboxylic acids is 1. The predicted molar refractivity (Wildman–Crippen MR) is 85.2 cm³/mol. The Morgan fingerprint density at radius 3 is 2.74 bits per heavy atom. The van der Waals surface area contributed by atoms with Gasteiger partial charge in [-0.25, -0.2) is 0 Å². The van der Waals surface area contributed by atoms with Gasteiger partial charge in [0.1, 0.15) is 0 Å². The zero-order valence-corrected chi connectivity index (χ0v) is 13.7. The van der Waals surface area contributed by atoms with Crippen molar-refractivity contribution in [1.82, 2.24) is 0 Å². The number of ketones is 1. The fourth-order valence-corrected chi connectivity index (χ4v) is 3.08. The number of rotatable bonds is 2. The van der Waals surface area contributed by atoms with Crippen LogP contribution in [0.15, 0.2) is 40.9 Å². The molecule has 0 spiro atoms. The van der Waals surface area contributed by atoms with Crippen LogP contribution in [-0.2, 0) is 18.0 Å². The van der Waals surface area contributed by atoms with Crippen molar-refractivity contribution in [2.24, 2.45) is 0 Å². The molecular formula is C15H10BrIO2. The lowest BCUT2D eigenvalue weighted by Gasteiger charge is -2.06. The van der Waals surface area contributed by atoms with Gasteiger partial charge in [-0.05, 0) is 58.0 Å². The third kappa shape index (κ3) is 2.61. The molecule has 2 nitrogen and oxygen atoms in total. The zero-order valence-electron chi connectivity index (χ0n) is 9.95. The minimum Gasteiger partial charge on any atom is -0.372 e. The number of fused-ring (bicyclic) bond motifs is 1. The maximum absolute atomic E-state index is 12.6. The Kier molecular flexibility index (Phi) is 3.73. The summed E-state index contributed by atoms with van der Waals surface area (Å²) >= 11 is 5.60. The molecule has 0 radical (unpaired) electrons. The molecule has 0 amide bonds. The van der Waals surface area contributed by atoms with Crippen molar-refractivity contribution < 1.29 is 9.53 Å². The molecule has 0 saturated carbocycles. The van der Waals surface area contributed by atoms with Crippen molar-refractivity contribution in [1.29, 1.82) is 0 Å². The highest BCUT2D eigenvalue weighted by Gasteiger charge is 2.17. The molecule has 3 rings (SSSR count). The summed E-state index contributed by atoms with van der Waals surface area (Å²) < 4.78 is 7.26. The van der Waals surface area contributed by atoms with Crippen molar-refractivity contribution in [3.8, 4) is 0 Å². The Balaban J connectivity index is 2.02. The maximum atomic E-state index is 12.6. The van der Waals surface area contributed by atoms with Crippen LogP contribution in [0.2, 0.25) is 0 Å². The first kappa shape index (κ1) is 13.3. The third-order valence-electron chi connectivity index (χ3n) is 3.16. The lowest BCUT2D eigenvalue weighted by atomic mass is 9.99. The van der Waals surface area contributed by atoms with Gasteiger partial charge in [0.25, 0.3) is 0 Å². The standard InChI is InChI=1S/C15H10BrIO2/c16-12-3-4-14(17)13(6-12)15(18)9-1-2-10-7-19-8-11(10)5-9/h1-6H,7-8H2. The molecule has 1 aliphatic rings. The van der Waals surface area contributed by atoms with E-state index in [2.05, 4.69) is 38.5 Å². The average molecular weight is 429 g/mol. The van der Waals surface area contributed by atoms with E-state index in [0.717, 1.165) is 24.7 Å². The quantitative estimate of drug-likeness (QED) is 0.526. The van der Waals surface area contributed by atoms with Gasteiger partial charge in [0, 0.05) is 19.2 Å². The van der Waals surface area contributed by atoms with Gasteiger partial charge in [-0.2, -0.15) is 0 Å². The molecule has 4 heteroatoms. The van der Waals surface area contributed by atoms with Crippen LogP contribution in [0.25, 0.3) is 0 Å². The van der Waals surface area contributed by atoms with Crippen LogP contribution in [0, 0.1) is 3.57 Å². The molecule has 96 valence electrons. The van der Waals surface area contributed by atoms with Crippen molar-refractivity contribution in [2.75, 3.05) is 0 Å². The number of ether oxygens (including phenoxy) is 1. The molecule has 1 aliphatic heterocycles. The van der Waals surface area contributed by atoms with Crippen molar-refractivity contribution in [2.45, 2.75) is 13.2 Å².